The molecule has 18 heavy (non-hydrogen) atoms. The first kappa shape index (κ1) is 12.6. The minimum Gasteiger partial charge on any atom is -0.465 e. The van der Waals surface area contributed by atoms with Crippen LogP contribution < -0.4 is 5.32 Å². The summed E-state index contributed by atoms with van der Waals surface area (Å²) in [6, 6.07) is 7.82. The predicted octanol–water partition coefficient (Wildman–Crippen LogP) is 3.18. The van der Waals surface area contributed by atoms with E-state index in [9.17, 15) is 9.18 Å². The highest BCUT2D eigenvalue weighted by molar-refractivity contribution is 6.26. The molecule has 5 heteroatoms. The van der Waals surface area contributed by atoms with Crippen molar-refractivity contribution in [2.75, 3.05) is 0 Å². The summed E-state index contributed by atoms with van der Waals surface area (Å²) in [5, 5.41) is 8.62. The van der Waals surface area contributed by atoms with Crippen molar-refractivity contribution in [2.45, 2.75) is 11.2 Å². The number of allylic oxidation sites excluding steroid dienone is 2. The third-order valence-electron chi connectivity index (χ3n) is 2.67. The van der Waals surface area contributed by atoms with Crippen molar-refractivity contribution < 1.29 is 14.3 Å². The number of benzene rings is 1. The number of carboxylic acid groups (broad SMARTS) is 1. The van der Waals surface area contributed by atoms with Gasteiger partial charge in [-0.2, -0.15) is 0 Å². The smallest absolute Gasteiger partial charge is 0.405 e. The van der Waals surface area contributed by atoms with Gasteiger partial charge in [0, 0.05) is 0 Å². The summed E-state index contributed by atoms with van der Waals surface area (Å²) in [4.78, 5) is 10.7. The molecule has 1 aliphatic carbocycles. The summed E-state index contributed by atoms with van der Waals surface area (Å²) in [5.41, 5.74) is 1.22. The van der Waals surface area contributed by atoms with Gasteiger partial charge in [-0.05, 0) is 17.2 Å². The molecule has 1 aromatic carbocycles. The lowest BCUT2D eigenvalue weighted by molar-refractivity contribution is 0.183. The molecule has 0 bridgehead atoms. The number of alkyl halides is 2. The van der Waals surface area contributed by atoms with E-state index in [0.29, 0.717) is 5.57 Å². The first-order valence-electron chi connectivity index (χ1n) is 5.33. The van der Waals surface area contributed by atoms with Gasteiger partial charge in [0.15, 0.2) is 0 Å². The summed E-state index contributed by atoms with van der Waals surface area (Å²) < 4.78 is 14.1. The van der Waals surface area contributed by atoms with Gasteiger partial charge in [0.1, 0.15) is 6.04 Å². The molecule has 94 valence electrons. The highest BCUT2D eigenvalue weighted by Gasteiger charge is 2.40. The van der Waals surface area contributed by atoms with Crippen molar-refractivity contribution in [3.8, 4) is 0 Å². The number of hydrogen-bond acceptors (Lipinski definition) is 1. The molecule has 2 atom stereocenters. The van der Waals surface area contributed by atoms with Crippen LogP contribution in [0.5, 0.6) is 0 Å². The van der Waals surface area contributed by atoms with Gasteiger partial charge in [-0.15, -0.1) is 0 Å². The van der Waals surface area contributed by atoms with Gasteiger partial charge in [0.25, 0.3) is 0 Å². The van der Waals surface area contributed by atoms with Crippen molar-refractivity contribution in [1.29, 1.82) is 0 Å². The van der Waals surface area contributed by atoms with Crippen LogP contribution in [0.25, 0.3) is 5.57 Å². The minimum atomic E-state index is -2.27. The monoisotopic (exact) mass is 267 g/mol. The summed E-state index contributed by atoms with van der Waals surface area (Å²) in [6.45, 7) is 0. The standard InChI is InChI=1S/C13H11ClFNO2/c14-13(15)8-4-7-10(11(13)16-12(17)18)9-5-2-1-3-6-9/h1-8,11,16H,(H,17,18). The Hall–Kier alpha value is -1.81. The Labute approximate surface area is 109 Å². The van der Waals surface area contributed by atoms with Gasteiger partial charge in [-0.1, -0.05) is 54.1 Å². The number of carbonyl (C=O) groups is 1. The Morgan fingerprint density at radius 1 is 1.39 bits per heavy atom. The Kier molecular flexibility index (Phi) is 3.39. The number of hydrogen-bond donors (Lipinski definition) is 2. The lowest BCUT2D eigenvalue weighted by Crippen LogP contribution is -2.47. The highest BCUT2D eigenvalue weighted by atomic mass is 35.5. The van der Waals surface area contributed by atoms with Crippen molar-refractivity contribution in [1.82, 2.24) is 5.32 Å². The van der Waals surface area contributed by atoms with Gasteiger partial charge in [-0.25, -0.2) is 9.18 Å². The van der Waals surface area contributed by atoms with E-state index in [1.54, 1.807) is 30.3 Å². The number of nitrogens with one attached hydrogen (secondary N) is 1. The fourth-order valence-corrected chi connectivity index (χ4v) is 2.12. The quantitative estimate of drug-likeness (QED) is 0.809. The van der Waals surface area contributed by atoms with Crippen LogP contribution in [0, 0.1) is 0 Å². The highest BCUT2D eigenvalue weighted by Crippen LogP contribution is 2.36. The first-order chi connectivity index (χ1) is 8.50. The van der Waals surface area contributed by atoms with Crippen LogP contribution in [0.3, 0.4) is 0 Å². The van der Waals surface area contributed by atoms with Crippen molar-refractivity contribution in [3.05, 3.63) is 54.1 Å². The number of rotatable bonds is 2. The molecule has 1 aromatic rings. The van der Waals surface area contributed by atoms with Gasteiger partial charge in [0.2, 0.25) is 5.13 Å². The van der Waals surface area contributed by atoms with Crippen LogP contribution >= 0.6 is 11.6 Å². The molecule has 0 heterocycles. The zero-order valence-electron chi connectivity index (χ0n) is 9.31. The van der Waals surface area contributed by atoms with Crippen molar-refractivity contribution in [2.24, 2.45) is 0 Å². The van der Waals surface area contributed by atoms with E-state index in [2.05, 4.69) is 5.32 Å². The lowest BCUT2D eigenvalue weighted by Gasteiger charge is -2.30. The lowest BCUT2D eigenvalue weighted by atomic mass is 9.91. The van der Waals surface area contributed by atoms with Gasteiger partial charge >= 0.3 is 6.09 Å². The molecule has 0 fully saturated rings. The molecular weight excluding hydrogens is 257 g/mol. The third-order valence-corrected chi connectivity index (χ3v) is 3.01. The number of halogens is 2. The van der Waals surface area contributed by atoms with E-state index < -0.39 is 17.3 Å². The summed E-state index contributed by atoms with van der Waals surface area (Å²) in [7, 11) is 0. The molecular formula is C13H11ClFNO2. The van der Waals surface area contributed by atoms with Crippen LogP contribution in [0.1, 0.15) is 5.56 Å². The van der Waals surface area contributed by atoms with Crippen LogP contribution in [-0.4, -0.2) is 22.4 Å². The molecule has 2 rings (SSSR count). The summed E-state index contributed by atoms with van der Waals surface area (Å²) in [6.07, 6.45) is 2.94. The Bertz CT molecular complexity index is 511. The van der Waals surface area contributed by atoms with E-state index in [1.807, 2.05) is 6.07 Å². The average Bonchev–Trinajstić information content (AvgIpc) is 2.32. The molecule has 2 N–H and O–H groups in total. The maximum Gasteiger partial charge on any atom is 0.405 e. The second-order valence-electron chi connectivity index (χ2n) is 3.90. The molecule has 2 unspecified atom stereocenters. The summed E-state index contributed by atoms with van der Waals surface area (Å²) >= 11 is 5.71. The fourth-order valence-electron chi connectivity index (χ4n) is 1.87. The molecule has 0 radical (unpaired) electrons. The molecule has 1 amide bonds. The van der Waals surface area contributed by atoms with E-state index in [4.69, 9.17) is 16.7 Å². The molecule has 0 spiro atoms. The Morgan fingerprint density at radius 2 is 2.06 bits per heavy atom. The number of amides is 1. The topological polar surface area (TPSA) is 49.3 Å². The van der Waals surface area contributed by atoms with E-state index >= 15 is 0 Å². The van der Waals surface area contributed by atoms with E-state index in [-0.39, 0.29) is 0 Å². The van der Waals surface area contributed by atoms with Crippen molar-refractivity contribution in [3.63, 3.8) is 0 Å². The van der Waals surface area contributed by atoms with Gasteiger partial charge < -0.3 is 10.4 Å². The zero-order valence-corrected chi connectivity index (χ0v) is 10.1. The van der Waals surface area contributed by atoms with Gasteiger partial charge in [-0.3, -0.25) is 0 Å². The normalized spacial score (nSPS) is 26.6. The second kappa shape index (κ2) is 4.82. The predicted molar refractivity (Wildman–Crippen MR) is 68.2 cm³/mol. The van der Waals surface area contributed by atoms with E-state index in [1.165, 1.54) is 6.08 Å². The second-order valence-corrected chi connectivity index (χ2v) is 4.48. The van der Waals surface area contributed by atoms with Gasteiger partial charge in [0.05, 0.1) is 0 Å². The molecule has 3 nitrogen and oxygen atoms in total. The maximum atomic E-state index is 14.1. The zero-order chi connectivity index (χ0) is 13.2. The molecule has 0 saturated carbocycles. The third kappa shape index (κ3) is 2.54. The maximum absolute atomic E-state index is 14.1. The molecule has 0 aliphatic heterocycles. The van der Waals surface area contributed by atoms with Crippen LogP contribution in [0.2, 0.25) is 0 Å². The SMILES string of the molecule is O=C(O)NC1C(c2ccccc2)=CC=CC1(F)Cl. The molecule has 1 aliphatic rings. The summed E-state index contributed by atoms with van der Waals surface area (Å²) in [5.74, 6) is 0. The molecule has 0 aromatic heterocycles. The molecule has 0 saturated heterocycles. The van der Waals surface area contributed by atoms with Crippen LogP contribution in [0.4, 0.5) is 9.18 Å². The van der Waals surface area contributed by atoms with Crippen LogP contribution in [0.15, 0.2) is 48.6 Å². The minimum absolute atomic E-state index is 0.498. The average molecular weight is 268 g/mol. The largest absolute Gasteiger partial charge is 0.465 e. The first-order valence-corrected chi connectivity index (χ1v) is 5.70. The fraction of sp³-hybridized carbons (Fsp3) is 0.154. The Morgan fingerprint density at radius 3 is 2.67 bits per heavy atom. The van der Waals surface area contributed by atoms with Crippen molar-refractivity contribution >= 4 is 23.3 Å². The van der Waals surface area contributed by atoms with E-state index in [0.717, 1.165) is 11.6 Å². The van der Waals surface area contributed by atoms with Crippen LogP contribution in [-0.2, 0) is 0 Å². The Balaban J connectivity index is 2.40.